The van der Waals surface area contributed by atoms with Gasteiger partial charge >= 0.3 is 0 Å². The van der Waals surface area contributed by atoms with E-state index in [4.69, 9.17) is 21.1 Å². The highest BCUT2D eigenvalue weighted by Gasteiger charge is 2.18. The fourth-order valence-corrected chi connectivity index (χ4v) is 3.31. The minimum atomic E-state index is -0.489. The van der Waals surface area contributed by atoms with Gasteiger partial charge in [0.2, 0.25) is 6.79 Å². The molecular weight excluding hydrogens is 416 g/mol. The molecular formula is C24H19ClN2O4. The maximum atomic E-state index is 13.0. The second kappa shape index (κ2) is 8.93. The molecule has 2 amide bonds. The average Bonchev–Trinajstić information content (AvgIpc) is 3.21. The second-order valence-electron chi connectivity index (χ2n) is 6.93. The van der Waals surface area contributed by atoms with E-state index in [1.54, 1.807) is 54.6 Å². The average molecular weight is 435 g/mol. The Bertz CT molecular complexity index is 1190. The van der Waals surface area contributed by atoms with Crippen LogP contribution in [0.3, 0.4) is 0 Å². The lowest BCUT2D eigenvalue weighted by atomic mass is 10.1. The summed E-state index contributed by atoms with van der Waals surface area (Å²) >= 11 is 6.14. The number of hydrogen-bond donors (Lipinski definition) is 2. The highest BCUT2D eigenvalue weighted by atomic mass is 35.5. The van der Waals surface area contributed by atoms with Crippen LogP contribution in [0.1, 0.15) is 21.5 Å². The molecule has 0 spiro atoms. The molecule has 0 atom stereocenters. The Balaban J connectivity index is 1.65. The normalized spacial score (nSPS) is 12.4. The first-order valence-corrected chi connectivity index (χ1v) is 9.92. The van der Waals surface area contributed by atoms with Crippen LogP contribution in [-0.4, -0.2) is 18.6 Å². The lowest BCUT2D eigenvalue weighted by molar-refractivity contribution is -0.113. The van der Waals surface area contributed by atoms with Crippen LogP contribution in [0, 0.1) is 6.92 Å². The topological polar surface area (TPSA) is 76.7 Å². The van der Waals surface area contributed by atoms with Gasteiger partial charge in [-0.15, -0.1) is 0 Å². The van der Waals surface area contributed by atoms with Gasteiger partial charge in [-0.25, -0.2) is 0 Å². The molecule has 1 heterocycles. The summed E-state index contributed by atoms with van der Waals surface area (Å²) in [6.45, 7) is 2.07. The summed E-state index contributed by atoms with van der Waals surface area (Å²) in [5, 5.41) is 5.79. The number of carbonyl (C=O) groups excluding carboxylic acids is 2. The number of anilines is 1. The van der Waals surface area contributed by atoms with Crippen LogP contribution >= 0.6 is 11.6 Å². The molecule has 6 nitrogen and oxygen atoms in total. The van der Waals surface area contributed by atoms with Gasteiger partial charge in [0.05, 0.1) is 10.6 Å². The molecule has 0 aliphatic carbocycles. The number of rotatable bonds is 5. The number of benzene rings is 3. The summed E-state index contributed by atoms with van der Waals surface area (Å²) in [6, 6.07) is 19.3. The smallest absolute Gasteiger partial charge is 0.272 e. The summed E-state index contributed by atoms with van der Waals surface area (Å²) in [5.74, 6) is 0.244. The van der Waals surface area contributed by atoms with Crippen molar-refractivity contribution in [1.82, 2.24) is 5.32 Å². The Kier molecular flexibility index (Phi) is 5.91. The molecule has 0 saturated heterocycles. The quantitative estimate of drug-likeness (QED) is 0.566. The third kappa shape index (κ3) is 4.87. The third-order valence-electron chi connectivity index (χ3n) is 4.59. The lowest BCUT2D eigenvalue weighted by Crippen LogP contribution is -2.31. The molecule has 2 N–H and O–H groups in total. The fourth-order valence-electron chi connectivity index (χ4n) is 3.08. The van der Waals surface area contributed by atoms with E-state index >= 15 is 0 Å². The predicted octanol–water partition coefficient (Wildman–Crippen LogP) is 4.79. The van der Waals surface area contributed by atoms with Gasteiger partial charge in [-0.3, -0.25) is 9.59 Å². The van der Waals surface area contributed by atoms with Crippen molar-refractivity contribution in [3.05, 3.63) is 94.1 Å². The standard InChI is InChI=1S/C24H19ClN2O4/c1-15-5-4-6-17(11-15)26-24(29)20(27-23(28)18-7-2-3-8-19(18)25)12-16-9-10-21-22(13-16)31-14-30-21/h2-13H,14H2,1H3,(H,26,29)(H,27,28). The fraction of sp³-hybridized carbons (Fsp3) is 0.0833. The van der Waals surface area contributed by atoms with Crippen molar-refractivity contribution < 1.29 is 19.1 Å². The van der Waals surface area contributed by atoms with E-state index < -0.39 is 11.8 Å². The van der Waals surface area contributed by atoms with E-state index in [1.807, 2.05) is 25.1 Å². The van der Waals surface area contributed by atoms with Crippen molar-refractivity contribution in [2.24, 2.45) is 0 Å². The van der Waals surface area contributed by atoms with Gasteiger partial charge < -0.3 is 20.1 Å². The Morgan fingerprint density at radius 1 is 0.968 bits per heavy atom. The molecule has 0 saturated carbocycles. The number of carbonyl (C=O) groups is 2. The molecule has 3 aromatic carbocycles. The van der Waals surface area contributed by atoms with E-state index in [0.29, 0.717) is 27.8 Å². The molecule has 0 unspecified atom stereocenters. The van der Waals surface area contributed by atoms with Gasteiger partial charge in [-0.2, -0.15) is 0 Å². The number of aryl methyl sites for hydroxylation is 1. The van der Waals surface area contributed by atoms with E-state index in [9.17, 15) is 9.59 Å². The second-order valence-corrected chi connectivity index (χ2v) is 7.34. The number of halogens is 1. The Hall–Kier alpha value is -3.77. The van der Waals surface area contributed by atoms with Gasteiger partial charge in [-0.05, 0) is 60.5 Å². The van der Waals surface area contributed by atoms with Gasteiger partial charge in [0, 0.05) is 5.69 Å². The van der Waals surface area contributed by atoms with Crippen molar-refractivity contribution in [2.75, 3.05) is 12.1 Å². The summed E-state index contributed by atoms with van der Waals surface area (Å²) in [4.78, 5) is 25.8. The largest absolute Gasteiger partial charge is 0.454 e. The molecule has 1 aliphatic rings. The van der Waals surface area contributed by atoms with E-state index in [2.05, 4.69) is 10.6 Å². The predicted molar refractivity (Wildman–Crippen MR) is 119 cm³/mol. The van der Waals surface area contributed by atoms with Gasteiger partial charge in [0.25, 0.3) is 11.8 Å². The molecule has 0 radical (unpaired) electrons. The van der Waals surface area contributed by atoms with Crippen molar-refractivity contribution in [3.8, 4) is 11.5 Å². The zero-order valence-electron chi connectivity index (χ0n) is 16.6. The monoisotopic (exact) mass is 434 g/mol. The first kappa shape index (κ1) is 20.5. The van der Waals surface area contributed by atoms with Gasteiger partial charge in [0.15, 0.2) is 11.5 Å². The summed E-state index contributed by atoms with van der Waals surface area (Å²) < 4.78 is 10.7. The van der Waals surface area contributed by atoms with Gasteiger partial charge in [0.1, 0.15) is 5.70 Å². The zero-order chi connectivity index (χ0) is 21.8. The van der Waals surface area contributed by atoms with Crippen LogP contribution in [0.15, 0.2) is 72.4 Å². The van der Waals surface area contributed by atoms with Gasteiger partial charge in [-0.1, -0.05) is 41.9 Å². The molecule has 0 bridgehead atoms. The molecule has 3 aromatic rings. The van der Waals surface area contributed by atoms with Crippen LogP contribution < -0.4 is 20.1 Å². The first-order valence-electron chi connectivity index (χ1n) is 9.55. The molecule has 0 fully saturated rings. The third-order valence-corrected chi connectivity index (χ3v) is 4.92. The summed E-state index contributed by atoms with van der Waals surface area (Å²) in [7, 11) is 0. The maximum absolute atomic E-state index is 13.0. The van der Waals surface area contributed by atoms with E-state index in [0.717, 1.165) is 5.56 Å². The number of ether oxygens (including phenoxy) is 2. The van der Waals surface area contributed by atoms with Crippen LogP contribution in [0.5, 0.6) is 11.5 Å². The molecule has 0 aromatic heterocycles. The number of nitrogens with one attached hydrogen (secondary N) is 2. The van der Waals surface area contributed by atoms with Crippen molar-refractivity contribution in [1.29, 1.82) is 0 Å². The van der Waals surface area contributed by atoms with Crippen molar-refractivity contribution in [3.63, 3.8) is 0 Å². The Morgan fingerprint density at radius 3 is 2.58 bits per heavy atom. The van der Waals surface area contributed by atoms with Crippen molar-refractivity contribution in [2.45, 2.75) is 6.92 Å². The van der Waals surface area contributed by atoms with Crippen LogP contribution in [0.2, 0.25) is 5.02 Å². The van der Waals surface area contributed by atoms with Crippen LogP contribution in [-0.2, 0) is 4.79 Å². The van der Waals surface area contributed by atoms with Crippen LogP contribution in [0.4, 0.5) is 5.69 Å². The molecule has 1 aliphatic heterocycles. The zero-order valence-corrected chi connectivity index (χ0v) is 17.4. The number of amides is 2. The minimum Gasteiger partial charge on any atom is -0.454 e. The maximum Gasteiger partial charge on any atom is 0.272 e. The minimum absolute atomic E-state index is 0.0605. The molecule has 4 rings (SSSR count). The number of hydrogen-bond acceptors (Lipinski definition) is 4. The number of fused-ring (bicyclic) bond motifs is 1. The molecule has 7 heteroatoms. The van der Waals surface area contributed by atoms with Crippen LogP contribution in [0.25, 0.3) is 6.08 Å². The Labute approximate surface area is 184 Å². The highest BCUT2D eigenvalue weighted by molar-refractivity contribution is 6.34. The SMILES string of the molecule is Cc1cccc(NC(=O)C(=Cc2ccc3c(c2)OCO3)NC(=O)c2ccccc2Cl)c1. The first-order chi connectivity index (χ1) is 15.0. The molecule has 156 valence electrons. The van der Waals surface area contributed by atoms with E-state index in [1.165, 1.54) is 0 Å². The Morgan fingerprint density at radius 2 is 1.77 bits per heavy atom. The molecule has 31 heavy (non-hydrogen) atoms. The summed E-state index contributed by atoms with van der Waals surface area (Å²) in [5.41, 5.74) is 2.61. The van der Waals surface area contributed by atoms with E-state index in [-0.39, 0.29) is 18.1 Å². The van der Waals surface area contributed by atoms with Crippen molar-refractivity contribution >= 4 is 35.2 Å². The summed E-state index contributed by atoms with van der Waals surface area (Å²) in [6.07, 6.45) is 1.57. The lowest BCUT2D eigenvalue weighted by Gasteiger charge is -2.12. The highest BCUT2D eigenvalue weighted by Crippen LogP contribution is 2.33.